The molecule has 0 spiro atoms. The smallest absolute Gasteiger partial charge is 0.319 e. The number of hydrogen-bond acceptors (Lipinski definition) is 5. The summed E-state index contributed by atoms with van der Waals surface area (Å²) in [6, 6.07) is 2.27. The summed E-state index contributed by atoms with van der Waals surface area (Å²) in [5.74, 6) is 0.617. The van der Waals surface area contributed by atoms with Gasteiger partial charge in [0.05, 0.1) is 0 Å². The second-order valence-corrected chi connectivity index (χ2v) is 6.97. The van der Waals surface area contributed by atoms with Crippen LogP contribution in [0.3, 0.4) is 0 Å². The van der Waals surface area contributed by atoms with Crippen molar-refractivity contribution in [2.45, 2.75) is 39.8 Å². The second-order valence-electron chi connectivity index (χ2n) is 5.97. The minimum absolute atomic E-state index is 0.223. The Labute approximate surface area is 139 Å². The summed E-state index contributed by atoms with van der Waals surface area (Å²) < 4.78 is 5.04. The molecule has 3 heterocycles. The van der Waals surface area contributed by atoms with E-state index in [1.165, 1.54) is 10.4 Å². The molecule has 2 aromatic rings. The maximum atomic E-state index is 12.1. The molecule has 6 nitrogen and oxygen atoms in total. The predicted molar refractivity (Wildman–Crippen MR) is 90.9 cm³/mol. The first-order valence-corrected chi connectivity index (χ1v) is 8.69. The number of fused-ring (bicyclic) bond motifs is 1. The summed E-state index contributed by atoms with van der Waals surface area (Å²) in [6.07, 6.45) is 1.10. The number of carbonyl (C=O) groups is 1. The first kappa shape index (κ1) is 16.0. The van der Waals surface area contributed by atoms with E-state index in [9.17, 15) is 4.79 Å². The van der Waals surface area contributed by atoms with Gasteiger partial charge in [-0.05, 0) is 44.2 Å². The van der Waals surface area contributed by atoms with Gasteiger partial charge < -0.3 is 15.2 Å². The third-order valence-electron chi connectivity index (χ3n) is 4.29. The van der Waals surface area contributed by atoms with Crippen molar-refractivity contribution in [3.8, 4) is 0 Å². The van der Waals surface area contributed by atoms with Gasteiger partial charge in [-0.2, -0.15) is 0 Å². The van der Waals surface area contributed by atoms with Crippen molar-refractivity contribution < 1.29 is 9.32 Å². The van der Waals surface area contributed by atoms with E-state index >= 15 is 0 Å². The molecular weight excluding hydrogens is 312 g/mol. The first-order chi connectivity index (χ1) is 11.0. The Kier molecular flexibility index (Phi) is 4.68. The maximum absolute atomic E-state index is 12.1. The lowest BCUT2D eigenvalue weighted by molar-refractivity contribution is 0.188. The fourth-order valence-electron chi connectivity index (χ4n) is 2.84. The minimum Gasteiger partial charge on any atom is -0.359 e. The Morgan fingerprint density at radius 1 is 1.52 bits per heavy atom. The third kappa shape index (κ3) is 3.56. The second kappa shape index (κ2) is 6.72. The molecule has 2 amide bonds. The number of rotatable bonds is 4. The van der Waals surface area contributed by atoms with E-state index in [2.05, 4.69) is 39.1 Å². The molecule has 124 valence electrons. The van der Waals surface area contributed by atoms with Crippen LogP contribution in [0.4, 0.5) is 10.5 Å². The Hall–Kier alpha value is -1.86. The number of aromatic nitrogens is 1. The number of urea groups is 1. The van der Waals surface area contributed by atoms with Crippen molar-refractivity contribution in [1.82, 2.24) is 15.4 Å². The predicted octanol–water partition coefficient (Wildman–Crippen LogP) is 2.92. The van der Waals surface area contributed by atoms with Crippen molar-refractivity contribution in [2.75, 3.05) is 18.4 Å². The van der Waals surface area contributed by atoms with Gasteiger partial charge >= 0.3 is 6.03 Å². The minimum atomic E-state index is -0.223. The molecule has 0 radical (unpaired) electrons. The van der Waals surface area contributed by atoms with Crippen LogP contribution >= 0.6 is 11.3 Å². The largest absolute Gasteiger partial charge is 0.359 e. The molecule has 3 rings (SSSR count). The number of amides is 2. The zero-order chi connectivity index (χ0) is 16.4. The quantitative estimate of drug-likeness (QED) is 0.902. The molecule has 0 fully saturated rings. The van der Waals surface area contributed by atoms with Crippen molar-refractivity contribution in [3.63, 3.8) is 0 Å². The molecule has 2 aromatic heterocycles. The van der Waals surface area contributed by atoms with Crippen LogP contribution in [0.2, 0.25) is 0 Å². The van der Waals surface area contributed by atoms with E-state index in [4.69, 9.17) is 4.52 Å². The van der Waals surface area contributed by atoms with E-state index in [-0.39, 0.29) is 6.03 Å². The summed E-state index contributed by atoms with van der Waals surface area (Å²) >= 11 is 1.84. The Morgan fingerprint density at radius 2 is 2.35 bits per heavy atom. The molecule has 1 aliphatic rings. The van der Waals surface area contributed by atoms with Crippen LogP contribution in [-0.2, 0) is 13.0 Å². The highest BCUT2D eigenvalue weighted by Gasteiger charge is 2.22. The van der Waals surface area contributed by atoms with Crippen molar-refractivity contribution >= 4 is 23.1 Å². The van der Waals surface area contributed by atoms with E-state index in [0.717, 1.165) is 19.5 Å². The SMILES string of the molecule is Cc1noc(C)c1NC(=O)NC[C@H](C)N1CCc2sccc2C1. The molecule has 0 unspecified atom stereocenters. The fourth-order valence-corrected chi connectivity index (χ4v) is 3.72. The number of hydrogen-bond donors (Lipinski definition) is 2. The van der Waals surface area contributed by atoms with Crippen LogP contribution in [0.5, 0.6) is 0 Å². The normalized spacial score (nSPS) is 16.0. The highest BCUT2D eigenvalue weighted by atomic mass is 32.1. The average Bonchev–Trinajstić information content (AvgIpc) is 3.13. The standard InChI is InChI=1S/C16H22N4O2S/c1-10(20-6-4-14-13(9-20)5-7-23-14)8-17-16(21)18-15-11(2)19-22-12(15)3/h5,7,10H,4,6,8-9H2,1-3H3,(H2,17,18,21)/t10-/m0/s1. The Bertz CT molecular complexity index is 675. The van der Waals surface area contributed by atoms with Gasteiger partial charge in [-0.1, -0.05) is 5.16 Å². The molecule has 1 aliphatic heterocycles. The maximum Gasteiger partial charge on any atom is 0.319 e. The summed E-state index contributed by atoms with van der Waals surface area (Å²) in [6.45, 7) is 8.35. The molecule has 23 heavy (non-hydrogen) atoms. The fraction of sp³-hybridized carbons (Fsp3) is 0.500. The molecule has 0 saturated heterocycles. The summed E-state index contributed by atoms with van der Waals surface area (Å²) in [5.41, 5.74) is 2.76. The van der Waals surface area contributed by atoms with E-state index in [1.807, 2.05) is 11.3 Å². The van der Waals surface area contributed by atoms with E-state index in [1.54, 1.807) is 13.8 Å². The lowest BCUT2D eigenvalue weighted by Crippen LogP contribution is -2.45. The van der Waals surface area contributed by atoms with Crippen molar-refractivity contribution in [2.24, 2.45) is 0 Å². The van der Waals surface area contributed by atoms with Crippen LogP contribution in [0.15, 0.2) is 16.0 Å². The van der Waals surface area contributed by atoms with Crippen LogP contribution in [0.25, 0.3) is 0 Å². The zero-order valence-electron chi connectivity index (χ0n) is 13.7. The number of aryl methyl sites for hydroxylation is 2. The highest BCUT2D eigenvalue weighted by Crippen LogP contribution is 2.25. The molecule has 1 atom stereocenters. The lowest BCUT2D eigenvalue weighted by Gasteiger charge is -2.32. The molecule has 0 aromatic carbocycles. The molecular formula is C16H22N4O2S. The Morgan fingerprint density at radius 3 is 3.09 bits per heavy atom. The van der Waals surface area contributed by atoms with Gasteiger partial charge in [-0.25, -0.2) is 4.79 Å². The van der Waals surface area contributed by atoms with Crippen LogP contribution in [-0.4, -0.2) is 35.2 Å². The van der Waals surface area contributed by atoms with Gasteiger partial charge in [0.2, 0.25) is 0 Å². The first-order valence-electron chi connectivity index (χ1n) is 7.81. The molecule has 7 heteroatoms. The summed E-state index contributed by atoms with van der Waals surface area (Å²) in [7, 11) is 0. The van der Waals surface area contributed by atoms with Crippen molar-refractivity contribution in [3.05, 3.63) is 33.3 Å². The van der Waals surface area contributed by atoms with Gasteiger partial charge in [0.15, 0.2) is 5.76 Å². The monoisotopic (exact) mass is 334 g/mol. The summed E-state index contributed by atoms with van der Waals surface area (Å²) in [4.78, 5) is 16.0. The topological polar surface area (TPSA) is 70.4 Å². The Balaban J connectivity index is 1.49. The summed E-state index contributed by atoms with van der Waals surface area (Å²) in [5, 5.41) is 11.7. The van der Waals surface area contributed by atoms with Crippen LogP contribution < -0.4 is 10.6 Å². The molecule has 0 aliphatic carbocycles. The number of carbonyl (C=O) groups excluding carboxylic acids is 1. The third-order valence-corrected chi connectivity index (χ3v) is 5.31. The van der Waals surface area contributed by atoms with E-state index < -0.39 is 0 Å². The molecule has 2 N–H and O–H groups in total. The number of nitrogens with one attached hydrogen (secondary N) is 2. The highest BCUT2D eigenvalue weighted by molar-refractivity contribution is 7.10. The van der Waals surface area contributed by atoms with Crippen LogP contribution in [0, 0.1) is 13.8 Å². The van der Waals surface area contributed by atoms with Gasteiger partial charge in [-0.15, -0.1) is 11.3 Å². The van der Waals surface area contributed by atoms with Gasteiger partial charge in [0.25, 0.3) is 0 Å². The van der Waals surface area contributed by atoms with Crippen LogP contribution in [0.1, 0.15) is 28.8 Å². The molecule has 0 saturated carbocycles. The van der Waals surface area contributed by atoms with Gasteiger partial charge in [0.1, 0.15) is 11.4 Å². The van der Waals surface area contributed by atoms with Crippen molar-refractivity contribution in [1.29, 1.82) is 0 Å². The number of nitrogens with zero attached hydrogens (tertiary/aromatic N) is 2. The van der Waals surface area contributed by atoms with E-state index in [0.29, 0.717) is 29.7 Å². The lowest BCUT2D eigenvalue weighted by atomic mass is 10.1. The van der Waals surface area contributed by atoms with Gasteiger partial charge in [0, 0.05) is 30.6 Å². The number of anilines is 1. The zero-order valence-corrected chi connectivity index (χ0v) is 14.5. The number of thiophene rings is 1. The molecule has 0 bridgehead atoms. The average molecular weight is 334 g/mol. The van der Waals surface area contributed by atoms with Gasteiger partial charge in [-0.3, -0.25) is 4.90 Å².